The number of Topliss-reactive ketones (excluding diaryl/α,β-unsaturated/α-hetero) is 1. The van der Waals surface area contributed by atoms with Crippen LogP contribution in [0.15, 0.2) is 0 Å². The number of rotatable bonds is 7. The normalized spacial score (nSPS) is 16.1. The van der Waals surface area contributed by atoms with Gasteiger partial charge in [-0.1, -0.05) is 0 Å². The number of hydrogen-bond donors (Lipinski definition) is 5. The number of carbonyl (C=O) groups is 1. The number of carbonyl (C=O) groups excluding carboxylic acids is 1. The van der Waals surface area contributed by atoms with E-state index < -0.39 is 37.1 Å². The third kappa shape index (κ3) is 7.02. The molecule has 0 rings (SSSR count). The summed E-state index contributed by atoms with van der Waals surface area (Å²) in [7, 11) is 0. The summed E-state index contributed by atoms with van der Waals surface area (Å²) >= 11 is 0.0890. The Kier molecular flexibility index (Phi) is 6.62. The molecular formula is C6H13O7PS. The first-order chi connectivity index (χ1) is 6.78. The molecule has 0 bridgehead atoms. The maximum Gasteiger partial charge on any atom is 0.384 e. The molecule has 0 saturated carbocycles. The minimum Gasteiger partial charge on any atom is -0.396 e. The van der Waals surface area contributed by atoms with Crippen molar-refractivity contribution in [1.29, 1.82) is 0 Å². The summed E-state index contributed by atoms with van der Waals surface area (Å²) < 4.78 is 10.4. The van der Waals surface area contributed by atoms with E-state index in [1.54, 1.807) is 0 Å². The van der Waals surface area contributed by atoms with Gasteiger partial charge >= 0.3 is 6.80 Å². The van der Waals surface area contributed by atoms with Gasteiger partial charge in [-0.15, -0.1) is 0 Å². The lowest BCUT2D eigenvalue weighted by Gasteiger charge is -2.15. The molecule has 0 spiro atoms. The third-order valence-electron chi connectivity index (χ3n) is 1.49. The lowest BCUT2D eigenvalue weighted by molar-refractivity contribution is -0.130. The smallest absolute Gasteiger partial charge is 0.384 e. The van der Waals surface area contributed by atoms with Gasteiger partial charge in [0, 0.05) is 6.61 Å². The molecule has 0 aromatic carbocycles. The fraction of sp³-hybridized carbons (Fsp3) is 0.833. The second-order valence-corrected chi connectivity index (χ2v) is 6.48. The summed E-state index contributed by atoms with van der Waals surface area (Å²) in [5.74, 6) is -1.47. The Labute approximate surface area is 90.0 Å². The molecule has 9 heteroatoms. The first-order valence-corrected chi connectivity index (χ1v) is 7.18. The van der Waals surface area contributed by atoms with Crippen molar-refractivity contribution < 1.29 is 34.5 Å². The highest BCUT2D eigenvalue weighted by Gasteiger charge is 2.26. The summed E-state index contributed by atoms with van der Waals surface area (Å²) in [4.78, 5) is 27.9. The van der Waals surface area contributed by atoms with Crippen LogP contribution in [0.5, 0.6) is 0 Å². The molecule has 0 saturated heterocycles. The molecule has 0 aromatic heterocycles. The molecule has 0 amide bonds. The molecule has 0 fully saturated rings. The zero-order chi connectivity index (χ0) is 12.1. The summed E-state index contributed by atoms with van der Waals surface area (Å²) in [5.41, 5.74) is 0. The molecule has 0 aliphatic heterocycles. The van der Waals surface area contributed by atoms with Crippen LogP contribution in [0.3, 0.4) is 0 Å². The lowest BCUT2D eigenvalue weighted by atomic mass is 10.1. The van der Waals surface area contributed by atoms with Crippen molar-refractivity contribution in [3.8, 4) is 0 Å². The van der Waals surface area contributed by atoms with Crippen molar-refractivity contribution in [2.45, 2.75) is 18.6 Å². The molecule has 2 unspecified atom stereocenters. The van der Waals surface area contributed by atoms with Crippen LogP contribution in [0.4, 0.5) is 0 Å². The van der Waals surface area contributed by atoms with Crippen molar-refractivity contribution >= 4 is 24.0 Å². The van der Waals surface area contributed by atoms with Gasteiger partial charge in [0.2, 0.25) is 0 Å². The summed E-state index contributed by atoms with van der Waals surface area (Å²) in [5, 5.41) is 26.6. The predicted octanol–water partition coefficient (Wildman–Crippen LogP) is -1.51. The second kappa shape index (κ2) is 6.59. The Morgan fingerprint density at radius 2 is 1.87 bits per heavy atom. The Bertz CT molecular complexity index is 252. The van der Waals surface area contributed by atoms with Crippen LogP contribution < -0.4 is 0 Å². The number of ketones is 1. The van der Waals surface area contributed by atoms with Crippen LogP contribution in [0, 0.1) is 0 Å². The highest BCUT2D eigenvalue weighted by atomic mass is 32.7. The molecule has 90 valence electrons. The first-order valence-electron chi connectivity index (χ1n) is 3.97. The average molecular weight is 260 g/mol. The standard InChI is InChI=1S/C6H13O7PS/c7-2-1-4(8)6(10)5(9)3-15-14(11,12)13/h4,6-8,10H,1-3H2,(H2,11,12,13). The molecule has 0 radical (unpaired) electrons. The van der Waals surface area contributed by atoms with Gasteiger partial charge in [0.25, 0.3) is 0 Å². The Morgan fingerprint density at radius 3 is 2.27 bits per heavy atom. The molecule has 7 nitrogen and oxygen atoms in total. The van der Waals surface area contributed by atoms with Gasteiger partial charge in [-0.05, 0) is 17.8 Å². The first kappa shape index (κ1) is 15.0. The Balaban J connectivity index is 4.05. The van der Waals surface area contributed by atoms with Crippen molar-refractivity contribution in [1.82, 2.24) is 0 Å². The molecule has 2 atom stereocenters. The second-order valence-electron chi connectivity index (χ2n) is 2.75. The van der Waals surface area contributed by atoms with Gasteiger partial charge in [-0.25, -0.2) is 4.57 Å². The highest BCUT2D eigenvalue weighted by molar-refractivity contribution is 8.54. The quantitative estimate of drug-likeness (QED) is 0.348. The van der Waals surface area contributed by atoms with Gasteiger partial charge < -0.3 is 25.1 Å². The average Bonchev–Trinajstić information content (AvgIpc) is 2.12. The number of aliphatic hydroxyl groups excluding tert-OH is 3. The van der Waals surface area contributed by atoms with E-state index in [0.29, 0.717) is 0 Å². The minimum absolute atomic E-state index is 0.0890. The fourth-order valence-corrected chi connectivity index (χ4v) is 2.09. The summed E-state index contributed by atoms with van der Waals surface area (Å²) in [6.07, 6.45) is -3.32. The highest BCUT2D eigenvalue weighted by Crippen LogP contribution is 2.49. The van der Waals surface area contributed by atoms with E-state index in [1.165, 1.54) is 0 Å². The fourth-order valence-electron chi connectivity index (χ4n) is 0.738. The van der Waals surface area contributed by atoms with Crippen LogP contribution in [0.25, 0.3) is 0 Å². The maximum absolute atomic E-state index is 11.1. The van der Waals surface area contributed by atoms with Crippen molar-refractivity contribution in [2.24, 2.45) is 0 Å². The van der Waals surface area contributed by atoms with E-state index in [2.05, 4.69) is 0 Å². The van der Waals surface area contributed by atoms with Gasteiger partial charge in [-0.3, -0.25) is 4.79 Å². The van der Waals surface area contributed by atoms with Crippen molar-refractivity contribution in [2.75, 3.05) is 12.4 Å². The minimum atomic E-state index is -4.35. The van der Waals surface area contributed by atoms with E-state index >= 15 is 0 Å². The van der Waals surface area contributed by atoms with Crippen LogP contribution >= 0.6 is 18.2 Å². The van der Waals surface area contributed by atoms with Crippen molar-refractivity contribution in [3.63, 3.8) is 0 Å². The monoisotopic (exact) mass is 260 g/mol. The molecule has 0 heterocycles. The van der Waals surface area contributed by atoms with E-state index in [-0.39, 0.29) is 17.8 Å². The molecule has 15 heavy (non-hydrogen) atoms. The van der Waals surface area contributed by atoms with Gasteiger partial charge in [0.1, 0.15) is 6.10 Å². The van der Waals surface area contributed by atoms with Crippen LogP contribution in [0.1, 0.15) is 6.42 Å². The summed E-state index contributed by atoms with van der Waals surface area (Å²) in [6.45, 7) is -4.74. The number of hydrogen-bond acceptors (Lipinski definition) is 6. The predicted molar refractivity (Wildman–Crippen MR) is 53.2 cm³/mol. The van der Waals surface area contributed by atoms with Gasteiger partial charge in [0.05, 0.1) is 11.9 Å². The molecule has 5 N–H and O–H groups in total. The SMILES string of the molecule is O=C(CSP(=O)(O)O)C(O)C(O)CCO. The van der Waals surface area contributed by atoms with Crippen molar-refractivity contribution in [3.05, 3.63) is 0 Å². The maximum atomic E-state index is 11.1. The molecular weight excluding hydrogens is 247 g/mol. The Hall–Kier alpha value is 0.0500. The summed E-state index contributed by atoms with van der Waals surface area (Å²) in [6, 6.07) is 0. The largest absolute Gasteiger partial charge is 0.396 e. The van der Waals surface area contributed by atoms with Gasteiger partial charge in [0.15, 0.2) is 5.78 Å². The molecule has 0 aliphatic carbocycles. The Morgan fingerprint density at radius 1 is 1.33 bits per heavy atom. The van der Waals surface area contributed by atoms with E-state index in [1.807, 2.05) is 0 Å². The van der Waals surface area contributed by atoms with E-state index in [9.17, 15) is 9.36 Å². The topological polar surface area (TPSA) is 135 Å². The zero-order valence-electron chi connectivity index (χ0n) is 7.68. The van der Waals surface area contributed by atoms with E-state index in [4.69, 9.17) is 25.1 Å². The zero-order valence-corrected chi connectivity index (χ0v) is 9.39. The molecule has 0 aliphatic rings. The number of aliphatic hydroxyl groups is 3. The van der Waals surface area contributed by atoms with Gasteiger partial charge in [-0.2, -0.15) is 0 Å². The van der Waals surface area contributed by atoms with Crippen LogP contribution in [0.2, 0.25) is 0 Å². The third-order valence-corrected chi connectivity index (χ3v) is 3.64. The van der Waals surface area contributed by atoms with E-state index in [0.717, 1.165) is 0 Å². The van der Waals surface area contributed by atoms with Crippen LogP contribution in [-0.4, -0.2) is 55.5 Å². The lowest BCUT2D eigenvalue weighted by Crippen LogP contribution is -2.35. The van der Waals surface area contributed by atoms with Crippen LogP contribution in [-0.2, 0) is 9.36 Å². The molecule has 0 aromatic rings.